The summed E-state index contributed by atoms with van der Waals surface area (Å²) in [5.74, 6) is -0.979. The first-order valence-electron chi connectivity index (χ1n) is 7.02. The van der Waals surface area contributed by atoms with Gasteiger partial charge in [0.15, 0.2) is 0 Å². The monoisotopic (exact) mass is 291 g/mol. The summed E-state index contributed by atoms with van der Waals surface area (Å²) < 4.78 is 1.44. The van der Waals surface area contributed by atoms with E-state index in [1.165, 1.54) is 4.57 Å². The van der Waals surface area contributed by atoms with Gasteiger partial charge in [-0.05, 0) is 18.6 Å². The predicted molar refractivity (Wildman–Crippen MR) is 72.7 cm³/mol. The quantitative estimate of drug-likeness (QED) is 0.851. The van der Waals surface area contributed by atoms with Gasteiger partial charge >= 0.3 is 5.97 Å². The van der Waals surface area contributed by atoms with E-state index >= 15 is 0 Å². The van der Waals surface area contributed by atoms with E-state index in [4.69, 9.17) is 5.11 Å². The SMILES string of the molecule is O=C(O)Cn1cccc1C(=O)N1CCN2C(=O)CCC2C1. The summed E-state index contributed by atoms with van der Waals surface area (Å²) in [7, 11) is 0. The van der Waals surface area contributed by atoms with E-state index in [2.05, 4.69) is 0 Å². The summed E-state index contributed by atoms with van der Waals surface area (Å²) in [4.78, 5) is 38.6. The Labute approximate surface area is 121 Å². The number of hydrogen-bond acceptors (Lipinski definition) is 3. The van der Waals surface area contributed by atoms with E-state index in [0.29, 0.717) is 31.7 Å². The second-order valence-electron chi connectivity index (χ2n) is 5.45. The van der Waals surface area contributed by atoms with Crippen LogP contribution in [0.25, 0.3) is 0 Å². The number of rotatable bonds is 3. The molecule has 0 spiro atoms. The highest BCUT2D eigenvalue weighted by Gasteiger charge is 2.37. The van der Waals surface area contributed by atoms with Crippen molar-refractivity contribution in [2.24, 2.45) is 0 Å². The molecule has 7 heteroatoms. The smallest absolute Gasteiger partial charge is 0.323 e. The maximum absolute atomic E-state index is 12.5. The number of aromatic nitrogens is 1. The fourth-order valence-corrected chi connectivity index (χ4v) is 3.10. The Balaban J connectivity index is 1.73. The van der Waals surface area contributed by atoms with Crippen molar-refractivity contribution in [3.8, 4) is 0 Å². The summed E-state index contributed by atoms with van der Waals surface area (Å²) >= 11 is 0. The van der Waals surface area contributed by atoms with Gasteiger partial charge in [0.05, 0.1) is 0 Å². The highest BCUT2D eigenvalue weighted by atomic mass is 16.4. The lowest BCUT2D eigenvalue weighted by atomic mass is 10.1. The van der Waals surface area contributed by atoms with Crippen molar-refractivity contribution in [1.29, 1.82) is 0 Å². The molecule has 1 aromatic heterocycles. The largest absolute Gasteiger partial charge is 0.480 e. The van der Waals surface area contributed by atoms with Gasteiger partial charge in [0.2, 0.25) is 5.91 Å². The maximum atomic E-state index is 12.5. The molecule has 112 valence electrons. The number of carbonyl (C=O) groups excluding carboxylic acids is 2. The molecule has 2 amide bonds. The number of amides is 2. The molecule has 1 unspecified atom stereocenters. The number of carbonyl (C=O) groups is 3. The van der Waals surface area contributed by atoms with Crippen molar-refractivity contribution in [3.05, 3.63) is 24.0 Å². The molecule has 7 nitrogen and oxygen atoms in total. The summed E-state index contributed by atoms with van der Waals surface area (Å²) in [6.45, 7) is 1.37. The van der Waals surface area contributed by atoms with Crippen molar-refractivity contribution in [2.45, 2.75) is 25.4 Å². The van der Waals surface area contributed by atoms with Crippen LogP contribution in [-0.4, -0.2) is 62.9 Å². The molecule has 1 N–H and O–H groups in total. The Morgan fingerprint density at radius 2 is 2.14 bits per heavy atom. The van der Waals surface area contributed by atoms with Crippen LogP contribution in [0.3, 0.4) is 0 Å². The van der Waals surface area contributed by atoms with E-state index in [1.807, 2.05) is 4.90 Å². The third-order valence-electron chi connectivity index (χ3n) is 4.14. The fourth-order valence-electron chi connectivity index (χ4n) is 3.10. The summed E-state index contributed by atoms with van der Waals surface area (Å²) in [6, 6.07) is 3.42. The van der Waals surface area contributed by atoms with Gasteiger partial charge < -0.3 is 19.5 Å². The minimum absolute atomic E-state index is 0.109. The highest BCUT2D eigenvalue weighted by Crippen LogP contribution is 2.23. The lowest BCUT2D eigenvalue weighted by Crippen LogP contribution is -2.53. The number of piperazine rings is 1. The number of nitrogens with zero attached hydrogens (tertiary/aromatic N) is 3. The summed E-state index contributed by atoms with van der Waals surface area (Å²) in [6.07, 6.45) is 2.94. The van der Waals surface area contributed by atoms with Crippen molar-refractivity contribution < 1.29 is 19.5 Å². The molecular formula is C14H17N3O4. The Morgan fingerprint density at radius 3 is 2.90 bits per heavy atom. The lowest BCUT2D eigenvalue weighted by molar-refractivity contribution is -0.137. The van der Waals surface area contributed by atoms with Crippen LogP contribution >= 0.6 is 0 Å². The first kappa shape index (κ1) is 13.7. The molecule has 0 saturated carbocycles. The molecule has 0 radical (unpaired) electrons. The third-order valence-corrected chi connectivity index (χ3v) is 4.14. The van der Waals surface area contributed by atoms with Gasteiger partial charge in [0, 0.05) is 38.3 Å². The zero-order chi connectivity index (χ0) is 15.0. The van der Waals surface area contributed by atoms with Gasteiger partial charge in [-0.2, -0.15) is 0 Å². The number of hydrogen-bond donors (Lipinski definition) is 1. The fraction of sp³-hybridized carbons (Fsp3) is 0.500. The average Bonchev–Trinajstić information content (AvgIpc) is 3.04. The van der Waals surface area contributed by atoms with Crippen LogP contribution in [0.1, 0.15) is 23.3 Å². The van der Waals surface area contributed by atoms with Gasteiger partial charge in [0.1, 0.15) is 12.2 Å². The molecule has 2 aliphatic heterocycles. The first-order chi connectivity index (χ1) is 10.1. The second-order valence-corrected chi connectivity index (χ2v) is 5.45. The number of carboxylic acid groups (broad SMARTS) is 1. The zero-order valence-electron chi connectivity index (χ0n) is 11.6. The van der Waals surface area contributed by atoms with E-state index in [0.717, 1.165) is 6.42 Å². The third kappa shape index (κ3) is 2.51. The molecule has 1 atom stereocenters. The van der Waals surface area contributed by atoms with Crippen LogP contribution in [0.2, 0.25) is 0 Å². The summed E-state index contributed by atoms with van der Waals surface area (Å²) in [5, 5.41) is 8.86. The Morgan fingerprint density at radius 1 is 1.33 bits per heavy atom. The zero-order valence-corrected chi connectivity index (χ0v) is 11.6. The van der Waals surface area contributed by atoms with E-state index < -0.39 is 5.97 Å². The average molecular weight is 291 g/mol. The molecule has 21 heavy (non-hydrogen) atoms. The minimum Gasteiger partial charge on any atom is -0.480 e. The minimum atomic E-state index is -0.980. The Bertz CT molecular complexity index is 595. The molecule has 2 aliphatic rings. The van der Waals surface area contributed by atoms with Crippen LogP contribution in [0.4, 0.5) is 0 Å². The lowest BCUT2D eigenvalue weighted by Gasteiger charge is -2.37. The second kappa shape index (κ2) is 5.23. The van der Waals surface area contributed by atoms with Crippen LogP contribution < -0.4 is 0 Å². The molecule has 3 heterocycles. The normalized spacial score (nSPS) is 21.5. The standard InChI is InChI=1S/C14H17N3O4/c18-12-4-3-10-8-16(6-7-17(10)12)14(21)11-2-1-5-15(11)9-13(19)20/h1-2,5,10H,3-4,6-9H2,(H,19,20). The van der Waals surface area contributed by atoms with E-state index in [1.54, 1.807) is 23.2 Å². The molecule has 2 fully saturated rings. The van der Waals surface area contributed by atoms with Gasteiger partial charge in [-0.3, -0.25) is 14.4 Å². The highest BCUT2D eigenvalue weighted by molar-refractivity contribution is 5.93. The molecule has 1 aromatic rings. The van der Waals surface area contributed by atoms with Crippen LogP contribution in [-0.2, 0) is 16.1 Å². The summed E-state index contributed by atoms with van der Waals surface area (Å²) in [5.41, 5.74) is 0.384. The Kier molecular flexibility index (Phi) is 3.40. The van der Waals surface area contributed by atoms with Gasteiger partial charge in [-0.25, -0.2) is 0 Å². The van der Waals surface area contributed by atoms with Gasteiger partial charge in [-0.1, -0.05) is 0 Å². The molecule has 2 saturated heterocycles. The van der Waals surface area contributed by atoms with Crippen molar-refractivity contribution >= 4 is 17.8 Å². The topological polar surface area (TPSA) is 82.8 Å². The van der Waals surface area contributed by atoms with E-state index in [9.17, 15) is 14.4 Å². The van der Waals surface area contributed by atoms with Crippen molar-refractivity contribution in [2.75, 3.05) is 19.6 Å². The van der Waals surface area contributed by atoms with E-state index in [-0.39, 0.29) is 24.4 Å². The molecule has 0 aromatic carbocycles. The molecule has 0 bridgehead atoms. The van der Waals surface area contributed by atoms with Crippen molar-refractivity contribution in [3.63, 3.8) is 0 Å². The van der Waals surface area contributed by atoms with Gasteiger partial charge in [0.25, 0.3) is 5.91 Å². The van der Waals surface area contributed by atoms with Gasteiger partial charge in [-0.15, -0.1) is 0 Å². The molecule has 0 aliphatic carbocycles. The van der Waals surface area contributed by atoms with Crippen LogP contribution in [0.15, 0.2) is 18.3 Å². The van der Waals surface area contributed by atoms with Crippen LogP contribution in [0, 0.1) is 0 Å². The van der Waals surface area contributed by atoms with Crippen molar-refractivity contribution in [1.82, 2.24) is 14.4 Å². The maximum Gasteiger partial charge on any atom is 0.323 e. The molecular weight excluding hydrogens is 274 g/mol. The predicted octanol–water partition coefficient (Wildman–Crippen LogP) is 0.0195. The van der Waals surface area contributed by atoms with Crippen LogP contribution in [0.5, 0.6) is 0 Å². The Hall–Kier alpha value is -2.31. The first-order valence-corrected chi connectivity index (χ1v) is 7.02. The molecule has 3 rings (SSSR count). The number of aliphatic carboxylic acids is 1. The number of carboxylic acids is 1. The number of fused-ring (bicyclic) bond motifs is 1.